The lowest BCUT2D eigenvalue weighted by atomic mass is 10.1. The van der Waals surface area contributed by atoms with Gasteiger partial charge in [-0.2, -0.15) is 15.4 Å². The first-order valence-electron chi connectivity index (χ1n) is 4.06. The second-order valence-corrected chi connectivity index (χ2v) is 3.29. The van der Waals surface area contributed by atoms with E-state index in [1.54, 1.807) is 24.3 Å². The third-order valence-electron chi connectivity index (χ3n) is 1.90. The number of nitrogens with zero attached hydrogens (tertiary/aromatic N) is 2. The molecule has 2 aromatic rings. The number of rotatable bonds is 2. The average molecular weight is 210 g/mol. The molecule has 5 heteroatoms. The van der Waals surface area contributed by atoms with Crippen LogP contribution in [0.5, 0.6) is 0 Å². The van der Waals surface area contributed by atoms with E-state index in [-0.39, 0.29) is 0 Å². The monoisotopic (exact) mass is 209 g/mol. The highest BCUT2D eigenvalue weighted by atomic mass is 35.5. The van der Waals surface area contributed by atoms with Crippen molar-refractivity contribution in [2.75, 3.05) is 0 Å². The molecule has 0 amide bonds. The van der Waals surface area contributed by atoms with Crippen molar-refractivity contribution in [1.82, 2.24) is 15.4 Å². The zero-order valence-electron chi connectivity index (χ0n) is 7.18. The number of aliphatic hydroxyl groups excluding tert-OH is 1. The summed E-state index contributed by atoms with van der Waals surface area (Å²) in [5.41, 5.74) is 1.23. The summed E-state index contributed by atoms with van der Waals surface area (Å²) >= 11 is 5.73. The fourth-order valence-corrected chi connectivity index (χ4v) is 1.28. The van der Waals surface area contributed by atoms with Gasteiger partial charge in [0.1, 0.15) is 11.8 Å². The first kappa shape index (κ1) is 9.18. The van der Waals surface area contributed by atoms with Crippen molar-refractivity contribution in [3.8, 4) is 0 Å². The summed E-state index contributed by atoms with van der Waals surface area (Å²) in [7, 11) is 0. The second-order valence-electron chi connectivity index (χ2n) is 2.85. The van der Waals surface area contributed by atoms with Crippen molar-refractivity contribution in [2.24, 2.45) is 0 Å². The van der Waals surface area contributed by atoms with E-state index in [0.29, 0.717) is 10.7 Å². The summed E-state index contributed by atoms with van der Waals surface area (Å²) in [6.07, 6.45) is 0.727. The maximum absolute atomic E-state index is 9.81. The highest BCUT2D eigenvalue weighted by Crippen LogP contribution is 2.20. The maximum Gasteiger partial charge on any atom is 0.124 e. The summed E-state index contributed by atoms with van der Waals surface area (Å²) < 4.78 is 0. The number of aliphatic hydroxyl groups is 1. The van der Waals surface area contributed by atoms with Crippen LogP contribution in [0.1, 0.15) is 17.4 Å². The molecule has 2 N–H and O–H groups in total. The van der Waals surface area contributed by atoms with Gasteiger partial charge in [0.15, 0.2) is 0 Å². The van der Waals surface area contributed by atoms with Crippen molar-refractivity contribution < 1.29 is 5.11 Å². The molecule has 0 spiro atoms. The van der Waals surface area contributed by atoms with Gasteiger partial charge in [0, 0.05) is 5.02 Å². The molecule has 0 aliphatic rings. The Bertz CT molecular complexity index is 399. The smallest absolute Gasteiger partial charge is 0.124 e. The van der Waals surface area contributed by atoms with E-state index in [1.165, 1.54) is 6.20 Å². The molecule has 0 radical (unpaired) electrons. The van der Waals surface area contributed by atoms with Crippen LogP contribution in [0.2, 0.25) is 5.02 Å². The lowest BCUT2D eigenvalue weighted by Gasteiger charge is -2.06. The largest absolute Gasteiger partial charge is 0.382 e. The van der Waals surface area contributed by atoms with E-state index >= 15 is 0 Å². The van der Waals surface area contributed by atoms with Crippen molar-refractivity contribution in [3.05, 3.63) is 46.7 Å². The van der Waals surface area contributed by atoms with Gasteiger partial charge in [0.2, 0.25) is 0 Å². The molecule has 1 atom stereocenters. The minimum atomic E-state index is -0.758. The highest BCUT2D eigenvalue weighted by molar-refractivity contribution is 6.30. The van der Waals surface area contributed by atoms with Crippen LogP contribution in [0.15, 0.2) is 30.5 Å². The summed E-state index contributed by atoms with van der Waals surface area (Å²) in [5, 5.41) is 20.3. The molecule has 1 aromatic carbocycles. The first-order chi connectivity index (χ1) is 6.77. The summed E-state index contributed by atoms with van der Waals surface area (Å²) in [6.45, 7) is 0. The molecule has 1 unspecified atom stereocenters. The van der Waals surface area contributed by atoms with Crippen molar-refractivity contribution in [1.29, 1.82) is 0 Å². The number of nitrogens with one attached hydrogen (secondary N) is 1. The van der Waals surface area contributed by atoms with Crippen molar-refractivity contribution in [2.45, 2.75) is 6.10 Å². The molecule has 1 heterocycles. The Balaban J connectivity index is 2.28. The third kappa shape index (κ3) is 1.76. The second kappa shape index (κ2) is 3.77. The van der Waals surface area contributed by atoms with Crippen LogP contribution in [0.4, 0.5) is 0 Å². The number of aromatic nitrogens is 3. The van der Waals surface area contributed by atoms with Crippen molar-refractivity contribution >= 4 is 11.6 Å². The molecule has 72 valence electrons. The molecular weight excluding hydrogens is 202 g/mol. The van der Waals surface area contributed by atoms with Gasteiger partial charge in [-0.15, -0.1) is 0 Å². The summed E-state index contributed by atoms with van der Waals surface area (Å²) in [4.78, 5) is 0. The Morgan fingerprint density at radius 2 is 2.00 bits per heavy atom. The molecule has 0 saturated heterocycles. The normalized spacial score (nSPS) is 12.7. The van der Waals surface area contributed by atoms with Gasteiger partial charge < -0.3 is 5.11 Å². The minimum absolute atomic E-state index is 0.493. The average Bonchev–Trinajstić information content (AvgIpc) is 2.71. The SMILES string of the molecule is OC(c1ccc(Cl)cc1)c1cn[nH]n1. The van der Waals surface area contributed by atoms with E-state index in [4.69, 9.17) is 11.6 Å². The van der Waals surface area contributed by atoms with Gasteiger partial charge in [-0.1, -0.05) is 23.7 Å². The molecule has 4 nitrogen and oxygen atoms in total. The number of halogens is 1. The number of hydrogen-bond donors (Lipinski definition) is 2. The van der Waals surface area contributed by atoms with Gasteiger partial charge in [-0.05, 0) is 17.7 Å². The van der Waals surface area contributed by atoms with Gasteiger partial charge >= 0.3 is 0 Å². The molecule has 0 aliphatic carbocycles. The quantitative estimate of drug-likeness (QED) is 0.789. The van der Waals surface area contributed by atoms with Crippen LogP contribution >= 0.6 is 11.6 Å². The lowest BCUT2D eigenvalue weighted by molar-refractivity contribution is 0.215. The molecule has 0 saturated carbocycles. The lowest BCUT2D eigenvalue weighted by Crippen LogP contribution is -1.99. The van der Waals surface area contributed by atoms with E-state index in [0.717, 1.165) is 5.56 Å². The van der Waals surface area contributed by atoms with Crippen LogP contribution in [0.3, 0.4) is 0 Å². The van der Waals surface area contributed by atoms with Crippen LogP contribution in [0.25, 0.3) is 0 Å². The fourth-order valence-electron chi connectivity index (χ4n) is 1.16. The minimum Gasteiger partial charge on any atom is -0.382 e. The predicted molar refractivity (Wildman–Crippen MR) is 51.9 cm³/mol. The molecule has 0 aliphatic heterocycles. The van der Waals surface area contributed by atoms with E-state index < -0.39 is 6.10 Å². The predicted octanol–water partition coefficient (Wildman–Crippen LogP) is 1.54. The molecule has 2 rings (SSSR count). The Morgan fingerprint density at radius 1 is 1.29 bits per heavy atom. The van der Waals surface area contributed by atoms with Gasteiger partial charge in [-0.3, -0.25) is 0 Å². The Morgan fingerprint density at radius 3 is 2.57 bits per heavy atom. The van der Waals surface area contributed by atoms with Crippen LogP contribution in [0, 0.1) is 0 Å². The van der Waals surface area contributed by atoms with E-state index in [1.807, 2.05) is 0 Å². The molecule has 1 aromatic heterocycles. The van der Waals surface area contributed by atoms with Crippen LogP contribution in [-0.4, -0.2) is 20.5 Å². The Labute approximate surface area is 85.5 Å². The van der Waals surface area contributed by atoms with Crippen molar-refractivity contribution in [3.63, 3.8) is 0 Å². The fraction of sp³-hybridized carbons (Fsp3) is 0.111. The molecule has 14 heavy (non-hydrogen) atoms. The van der Waals surface area contributed by atoms with Gasteiger partial charge in [0.05, 0.1) is 6.20 Å². The topological polar surface area (TPSA) is 61.8 Å². The Hall–Kier alpha value is -1.39. The third-order valence-corrected chi connectivity index (χ3v) is 2.15. The van der Waals surface area contributed by atoms with Crippen LogP contribution in [-0.2, 0) is 0 Å². The van der Waals surface area contributed by atoms with E-state index in [9.17, 15) is 5.11 Å². The number of aromatic amines is 1. The maximum atomic E-state index is 9.81. The zero-order chi connectivity index (χ0) is 9.97. The summed E-state index contributed by atoms with van der Waals surface area (Å²) in [6, 6.07) is 6.95. The molecular formula is C9H8ClN3O. The highest BCUT2D eigenvalue weighted by Gasteiger charge is 2.12. The zero-order valence-corrected chi connectivity index (χ0v) is 7.94. The molecule has 0 fully saturated rings. The number of benzene rings is 1. The molecule has 0 bridgehead atoms. The van der Waals surface area contributed by atoms with Crippen LogP contribution < -0.4 is 0 Å². The van der Waals surface area contributed by atoms with Gasteiger partial charge in [-0.25, -0.2) is 0 Å². The summed E-state index contributed by atoms with van der Waals surface area (Å²) in [5.74, 6) is 0. The van der Waals surface area contributed by atoms with Gasteiger partial charge in [0.25, 0.3) is 0 Å². The number of hydrogen-bond acceptors (Lipinski definition) is 3. The standard InChI is InChI=1S/C9H8ClN3O/c10-7-3-1-6(2-4-7)9(14)8-5-11-13-12-8/h1-5,9,14H,(H,11,12,13). The Kier molecular flexibility index (Phi) is 2.47. The number of H-pyrrole nitrogens is 1. The van der Waals surface area contributed by atoms with E-state index in [2.05, 4.69) is 15.4 Å². The first-order valence-corrected chi connectivity index (χ1v) is 4.44.